The summed E-state index contributed by atoms with van der Waals surface area (Å²) in [7, 11) is 0. The molecule has 4 rings (SSSR count). The molecular formula is C18H24N6O4. The lowest BCUT2D eigenvalue weighted by atomic mass is 9.99. The molecule has 0 unspecified atom stereocenters. The summed E-state index contributed by atoms with van der Waals surface area (Å²) in [5.41, 5.74) is -0.631. The highest BCUT2D eigenvalue weighted by Crippen LogP contribution is 2.30. The molecule has 1 amide bonds. The third kappa shape index (κ3) is 3.39. The molecule has 10 nitrogen and oxygen atoms in total. The Hall–Kier alpha value is -2.75. The number of aromatic amines is 1. The highest BCUT2D eigenvalue weighted by atomic mass is 16.5. The molecule has 1 N–H and O–H groups in total. The summed E-state index contributed by atoms with van der Waals surface area (Å²) in [6, 6.07) is 0.0505. The second kappa shape index (κ2) is 7.34. The Labute approximate surface area is 161 Å². The Kier molecular flexibility index (Phi) is 4.88. The monoisotopic (exact) mass is 388 g/mol. The maximum absolute atomic E-state index is 12.8. The van der Waals surface area contributed by atoms with Gasteiger partial charge < -0.3 is 14.2 Å². The van der Waals surface area contributed by atoms with Gasteiger partial charge in [-0.05, 0) is 26.7 Å². The summed E-state index contributed by atoms with van der Waals surface area (Å²) < 4.78 is 8.82. The van der Waals surface area contributed by atoms with E-state index >= 15 is 0 Å². The number of H-pyrrole nitrogens is 1. The maximum Gasteiger partial charge on any atom is 0.328 e. The first-order chi connectivity index (χ1) is 13.4. The first-order valence-electron chi connectivity index (χ1n) is 9.53. The van der Waals surface area contributed by atoms with Crippen LogP contribution in [0.4, 0.5) is 0 Å². The number of hydrogen-bond acceptors (Lipinski definition) is 6. The molecule has 1 fully saturated rings. The fourth-order valence-corrected chi connectivity index (χ4v) is 3.97. The number of rotatable bonds is 3. The van der Waals surface area contributed by atoms with E-state index in [0.29, 0.717) is 24.6 Å². The van der Waals surface area contributed by atoms with Crippen molar-refractivity contribution in [2.45, 2.75) is 51.7 Å². The van der Waals surface area contributed by atoms with Crippen molar-refractivity contribution < 1.29 is 9.53 Å². The van der Waals surface area contributed by atoms with Crippen molar-refractivity contribution >= 4 is 5.91 Å². The molecule has 0 bridgehead atoms. The summed E-state index contributed by atoms with van der Waals surface area (Å²) >= 11 is 0. The Morgan fingerprint density at radius 3 is 2.79 bits per heavy atom. The van der Waals surface area contributed by atoms with Gasteiger partial charge in [0.25, 0.3) is 5.56 Å². The molecule has 1 atom stereocenters. The van der Waals surface area contributed by atoms with E-state index in [-0.39, 0.29) is 18.5 Å². The summed E-state index contributed by atoms with van der Waals surface area (Å²) in [6.45, 7) is 5.88. The molecule has 28 heavy (non-hydrogen) atoms. The van der Waals surface area contributed by atoms with Gasteiger partial charge >= 0.3 is 5.69 Å². The summed E-state index contributed by atoms with van der Waals surface area (Å²) in [4.78, 5) is 40.1. The Balaban J connectivity index is 1.52. The number of fused-ring (bicyclic) bond motifs is 1. The summed E-state index contributed by atoms with van der Waals surface area (Å²) in [5.74, 6) is 1.88. The van der Waals surface area contributed by atoms with E-state index in [4.69, 9.17) is 4.74 Å². The van der Waals surface area contributed by atoms with Gasteiger partial charge in [0.15, 0.2) is 5.82 Å². The second-order valence-electron chi connectivity index (χ2n) is 7.55. The molecule has 0 radical (unpaired) electrons. The van der Waals surface area contributed by atoms with Gasteiger partial charge in [-0.25, -0.2) is 4.79 Å². The normalized spacial score (nSPS) is 20.2. The summed E-state index contributed by atoms with van der Waals surface area (Å²) in [5, 5.41) is 8.74. The van der Waals surface area contributed by atoms with Crippen LogP contribution < -0.4 is 11.2 Å². The van der Waals surface area contributed by atoms with E-state index in [1.54, 1.807) is 11.8 Å². The zero-order valence-electron chi connectivity index (χ0n) is 16.1. The van der Waals surface area contributed by atoms with E-state index in [2.05, 4.69) is 19.7 Å². The van der Waals surface area contributed by atoms with Crippen LogP contribution in [0.3, 0.4) is 0 Å². The zero-order chi connectivity index (χ0) is 19.8. The van der Waals surface area contributed by atoms with Crippen molar-refractivity contribution in [3.05, 3.63) is 44.2 Å². The molecule has 1 saturated heterocycles. The van der Waals surface area contributed by atoms with Gasteiger partial charge in [-0.3, -0.25) is 19.1 Å². The lowest BCUT2D eigenvalue weighted by Gasteiger charge is -2.34. The smallest absolute Gasteiger partial charge is 0.328 e. The third-order valence-electron chi connectivity index (χ3n) is 5.48. The quantitative estimate of drug-likeness (QED) is 0.787. The number of nitrogens with one attached hydrogen (secondary N) is 1. The molecule has 2 aliphatic rings. The Bertz CT molecular complexity index is 1000. The third-order valence-corrected chi connectivity index (χ3v) is 5.48. The lowest BCUT2D eigenvalue weighted by molar-refractivity contribution is -0.134. The van der Waals surface area contributed by atoms with Crippen LogP contribution in [0.1, 0.15) is 48.9 Å². The van der Waals surface area contributed by atoms with E-state index in [1.807, 2.05) is 6.92 Å². The van der Waals surface area contributed by atoms with Crippen LogP contribution in [-0.2, 0) is 22.6 Å². The van der Waals surface area contributed by atoms with Gasteiger partial charge in [0, 0.05) is 37.4 Å². The van der Waals surface area contributed by atoms with Crippen LogP contribution >= 0.6 is 0 Å². The number of carbonyl (C=O) groups excluding carboxylic acids is 1. The van der Waals surface area contributed by atoms with Crippen LogP contribution in [0, 0.1) is 6.92 Å². The molecule has 0 aromatic carbocycles. The van der Waals surface area contributed by atoms with Gasteiger partial charge in [-0.1, -0.05) is 0 Å². The highest BCUT2D eigenvalue weighted by molar-refractivity contribution is 5.76. The Morgan fingerprint density at radius 1 is 1.29 bits per heavy atom. The van der Waals surface area contributed by atoms with Crippen molar-refractivity contribution in [2.75, 3.05) is 19.8 Å². The molecule has 4 heterocycles. The number of amides is 1. The van der Waals surface area contributed by atoms with Crippen molar-refractivity contribution in [2.24, 2.45) is 0 Å². The average Bonchev–Trinajstić information content (AvgIpc) is 3.11. The molecule has 2 aromatic rings. The van der Waals surface area contributed by atoms with Gasteiger partial charge in [0.2, 0.25) is 5.91 Å². The van der Waals surface area contributed by atoms with Gasteiger partial charge in [-0.15, -0.1) is 10.2 Å². The molecule has 2 aliphatic heterocycles. The molecule has 0 saturated carbocycles. The second-order valence-corrected chi connectivity index (χ2v) is 7.55. The Morgan fingerprint density at radius 2 is 2.04 bits per heavy atom. The molecule has 10 heteroatoms. The van der Waals surface area contributed by atoms with Crippen molar-refractivity contribution in [3.8, 4) is 0 Å². The molecular weight excluding hydrogens is 364 g/mol. The minimum Gasteiger partial charge on any atom is -0.381 e. The minimum atomic E-state index is -0.584. The summed E-state index contributed by atoms with van der Waals surface area (Å²) in [6.07, 6.45) is 3.28. The van der Waals surface area contributed by atoms with E-state index in [9.17, 15) is 14.4 Å². The number of hydrogen-bond donors (Lipinski definition) is 1. The molecule has 0 aliphatic carbocycles. The first kappa shape index (κ1) is 18.6. The molecule has 0 spiro atoms. The lowest BCUT2D eigenvalue weighted by Crippen LogP contribution is -2.44. The predicted molar refractivity (Wildman–Crippen MR) is 99.0 cm³/mol. The predicted octanol–water partition coefficient (Wildman–Crippen LogP) is -0.0661. The molecule has 150 valence electrons. The standard InChI is InChI=1S/C18H24N6O4/c1-11-7-23(18(27)19-17(11)26)10-15(25)22-8-12(2)24-14(9-22)20-21-16(24)13-3-5-28-6-4-13/h7,12-13H,3-6,8-10H2,1-2H3,(H,19,26,27)/t12-/m0/s1. The van der Waals surface area contributed by atoms with Gasteiger partial charge in [-0.2, -0.15) is 0 Å². The number of nitrogens with zero attached hydrogens (tertiary/aromatic N) is 5. The van der Waals surface area contributed by atoms with Crippen LogP contribution in [0.25, 0.3) is 0 Å². The maximum atomic E-state index is 12.8. The molecule has 2 aromatic heterocycles. The van der Waals surface area contributed by atoms with Crippen LogP contribution in [0.15, 0.2) is 15.8 Å². The number of aryl methyl sites for hydroxylation is 1. The van der Waals surface area contributed by atoms with E-state index in [1.165, 1.54) is 10.8 Å². The average molecular weight is 388 g/mol. The fourth-order valence-electron chi connectivity index (χ4n) is 3.97. The first-order valence-corrected chi connectivity index (χ1v) is 9.53. The topological polar surface area (TPSA) is 115 Å². The number of carbonyl (C=O) groups is 1. The highest BCUT2D eigenvalue weighted by Gasteiger charge is 2.32. The van der Waals surface area contributed by atoms with E-state index in [0.717, 1.165) is 37.7 Å². The zero-order valence-corrected chi connectivity index (χ0v) is 16.1. The van der Waals surface area contributed by atoms with Crippen LogP contribution in [0.5, 0.6) is 0 Å². The van der Waals surface area contributed by atoms with Gasteiger partial charge in [0.05, 0.1) is 12.6 Å². The van der Waals surface area contributed by atoms with Crippen LogP contribution in [0.2, 0.25) is 0 Å². The van der Waals surface area contributed by atoms with Gasteiger partial charge in [0.1, 0.15) is 12.4 Å². The number of ether oxygens (including phenoxy) is 1. The van der Waals surface area contributed by atoms with Crippen LogP contribution in [-0.4, -0.2) is 54.9 Å². The minimum absolute atomic E-state index is 0.0505. The number of aromatic nitrogens is 5. The SMILES string of the molecule is Cc1cn(CC(=O)N2Cc3nnc(C4CCOCC4)n3[C@@H](C)C2)c(=O)[nH]c1=O. The van der Waals surface area contributed by atoms with Crippen molar-refractivity contribution in [3.63, 3.8) is 0 Å². The van der Waals surface area contributed by atoms with E-state index < -0.39 is 11.2 Å². The fraction of sp³-hybridized carbons (Fsp3) is 0.611. The largest absolute Gasteiger partial charge is 0.381 e. The van der Waals surface area contributed by atoms with Crippen molar-refractivity contribution in [1.82, 2.24) is 29.2 Å². The van der Waals surface area contributed by atoms with Crippen molar-refractivity contribution in [1.29, 1.82) is 0 Å².